The lowest BCUT2D eigenvalue weighted by molar-refractivity contribution is 0.694. The van der Waals surface area contributed by atoms with Gasteiger partial charge >= 0.3 is 0 Å². The molecule has 5 aromatic rings. The number of rotatable bonds is 9. The molecule has 0 spiro atoms. The summed E-state index contributed by atoms with van der Waals surface area (Å²) in [5.41, 5.74) is 12.6. The molecule has 0 aliphatic heterocycles. The van der Waals surface area contributed by atoms with E-state index < -0.39 is 0 Å². The minimum atomic E-state index is 0.142. The molecule has 0 saturated heterocycles. The van der Waals surface area contributed by atoms with E-state index in [1.54, 1.807) is 0 Å². The molecule has 0 amide bonds. The molecule has 6 rings (SSSR count). The predicted molar refractivity (Wildman–Crippen MR) is 177 cm³/mol. The van der Waals surface area contributed by atoms with E-state index in [0.717, 1.165) is 25.7 Å². The molecule has 0 N–H and O–H groups in total. The van der Waals surface area contributed by atoms with E-state index in [1.165, 1.54) is 49.8 Å². The van der Waals surface area contributed by atoms with Gasteiger partial charge in [-0.1, -0.05) is 181 Å². The molecule has 0 aromatic heterocycles. The average molecular weight is 529 g/mol. The summed E-state index contributed by atoms with van der Waals surface area (Å²) in [6.45, 7) is 2.46. The Hall–Kier alpha value is -4.36. The molecule has 41 heavy (non-hydrogen) atoms. The topological polar surface area (TPSA) is 0 Å². The van der Waals surface area contributed by atoms with Crippen LogP contribution in [-0.4, -0.2) is 6.71 Å². The first-order valence-electron chi connectivity index (χ1n) is 14.9. The number of benzene rings is 5. The molecule has 0 nitrogen and oxygen atoms in total. The second-order valence-electron chi connectivity index (χ2n) is 11.4. The zero-order valence-electron chi connectivity index (χ0n) is 23.9. The highest BCUT2D eigenvalue weighted by molar-refractivity contribution is 6.96. The Balaban J connectivity index is 1.50. The van der Waals surface area contributed by atoms with Crippen LogP contribution in [0.5, 0.6) is 0 Å². The third-order valence-electron chi connectivity index (χ3n) is 8.35. The van der Waals surface area contributed by atoms with Crippen molar-refractivity contribution in [3.05, 3.63) is 185 Å². The van der Waals surface area contributed by atoms with Gasteiger partial charge in [0, 0.05) is 0 Å². The predicted octanol–water partition coefficient (Wildman–Crippen LogP) is 7.45. The van der Waals surface area contributed by atoms with Crippen LogP contribution in [0, 0.1) is 5.92 Å². The van der Waals surface area contributed by atoms with Gasteiger partial charge in [-0.2, -0.15) is 0 Å². The highest BCUT2D eigenvalue weighted by Crippen LogP contribution is 2.22. The molecule has 0 fully saturated rings. The molecule has 1 heteroatoms. The highest BCUT2D eigenvalue weighted by Gasteiger charge is 2.28. The minimum absolute atomic E-state index is 0.142. The second-order valence-corrected chi connectivity index (χ2v) is 11.4. The van der Waals surface area contributed by atoms with Crippen LogP contribution in [0.2, 0.25) is 0 Å². The maximum Gasteiger partial charge on any atom is 0.242 e. The van der Waals surface area contributed by atoms with Gasteiger partial charge in [0.2, 0.25) is 6.71 Å². The van der Waals surface area contributed by atoms with E-state index in [4.69, 9.17) is 0 Å². The molecule has 0 bridgehead atoms. The zero-order chi connectivity index (χ0) is 27.9. The summed E-state index contributed by atoms with van der Waals surface area (Å²) in [5.74, 6) is 0.594. The van der Waals surface area contributed by atoms with Crippen LogP contribution in [0.25, 0.3) is 0 Å². The van der Waals surface area contributed by atoms with Gasteiger partial charge in [-0.3, -0.25) is 0 Å². The molecule has 0 saturated carbocycles. The van der Waals surface area contributed by atoms with Gasteiger partial charge in [-0.05, 0) is 59.4 Å². The minimum Gasteiger partial charge on any atom is -0.0814 e. The maximum absolute atomic E-state index is 2.38. The third-order valence-corrected chi connectivity index (χ3v) is 8.35. The van der Waals surface area contributed by atoms with Crippen LogP contribution in [0.4, 0.5) is 0 Å². The van der Waals surface area contributed by atoms with Crippen molar-refractivity contribution in [3.8, 4) is 0 Å². The summed E-state index contributed by atoms with van der Waals surface area (Å²) >= 11 is 0. The van der Waals surface area contributed by atoms with Crippen molar-refractivity contribution in [1.29, 1.82) is 0 Å². The third kappa shape index (κ3) is 6.52. The van der Waals surface area contributed by atoms with E-state index in [-0.39, 0.29) is 6.71 Å². The highest BCUT2D eigenvalue weighted by atomic mass is 14.2. The lowest BCUT2D eigenvalue weighted by atomic mass is 9.34. The van der Waals surface area contributed by atoms with E-state index in [1.807, 2.05) is 0 Å². The normalized spacial score (nSPS) is 14.5. The summed E-state index contributed by atoms with van der Waals surface area (Å²) in [6.07, 6.45) is 10.9. The van der Waals surface area contributed by atoms with Gasteiger partial charge < -0.3 is 0 Å². The summed E-state index contributed by atoms with van der Waals surface area (Å²) in [5, 5.41) is 0. The lowest BCUT2D eigenvalue weighted by Gasteiger charge is -2.25. The SMILES string of the molecule is CC1C=CC=C(Cc2ccccc2B(c2ccccc2Cc2ccccc2)c2ccccc2Cc2ccccc2)C1. The fourth-order valence-corrected chi connectivity index (χ4v) is 6.37. The molecule has 5 aromatic carbocycles. The Labute approximate surface area is 246 Å². The quantitative estimate of drug-likeness (QED) is 0.174. The van der Waals surface area contributed by atoms with E-state index in [2.05, 4.69) is 159 Å². The van der Waals surface area contributed by atoms with Crippen molar-refractivity contribution in [2.45, 2.75) is 32.6 Å². The largest absolute Gasteiger partial charge is 0.242 e. The lowest BCUT2D eigenvalue weighted by Crippen LogP contribution is -2.55. The first-order valence-corrected chi connectivity index (χ1v) is 14.9. The van der Waals surface area contributed by atoms with Crippen LogP contribution in [0.1, 0.15) is 41.2 Å². The Morgan fingerprint density at radius 2 is 0.927 bits per heavy atom. The molecule has 1 aliphatic carbocycles. The maximum atomic E-state index is 2.38. The molecule has 1 unspecified atom stereocenters. The van der Waals surface area contributed by atoms with Gasteiger partial charge in [-0.15, -0.1) is 0 Å². The van der Waals surface area contributed by atoms with Crippen LogP contribution >= 0.6 is 0 Å². The van der Waals surface area contributed by atoms with E-state index in [9.17, 15) is 0 Å². The van der Waals surface area contributed by atoms with Gasteiger partial charge in [0.1, 0.15) is 0 Å². The standard InChI is InChI=1S/C40H37B/c1-31-15-14-20-34(27-31)30-37-23-10-13-26-40(37)41(38-24-11-8-21-35(38)28-32-16-4-2-5-17-32)39-25-12-9-22-36(39)29-33-18-6-3-7-19-33/h2-26,31H,27-30H2,1H3. The fourth-order valence-electron chi connectivity index (χ4n) is 6.37. The molecular weight excluding hydrogens is 491 g/mol. The van der Waals surface area contributed by atoms with Crippen LogP contribution in [-0.2, 0) is 19.3 Å². The van der Waals surface area contributed by atoms with Gasteiger partial charge in [0.15, 0.2) is 0 Å². The first kappa shape index (κ1) is 26.8. The smallest absolute Gasteiger partial charge is 0.0814 e. The van der Waals surface area contributed by atoms with Crippen molar-refractivity contribution in [2.75, 3.05) is 0 Å². The monoisotopic (exact) mass is 528 g/mol. The molecule has 1 atom stereocenters. The number of hydrogen-bond acceptors (Lipinski definition) is 0. The van der Waals surface area contributed by atoms with Gasteiger partial charge in [-0.25, -0.2) is 0 Å². The molecular formula is C40H37B. The molecule has 0 heterocycles. The zero-order valence-corrected chi connectivity index (χ0v) is 23.9. The second kappa shape index (κ2) is 12.9. The Morgan fingerprint density at radius 3 is 1.39 bits per heavy atom. The van der Waals surface area contributed by atoms with Crippen LogP contribution < -0.4 is 16.4 Å². The fraction of sp³-hybridized carbons (Fsp3) is 0.150. The summed E-state index contributed by atoms with van der Waals surface area (Å²) in [6, 6.07) is 49.1. The molecule has 0 radical (unpaired) electrons. The van der Waals surface area contributed by atoms with Crippen molar-refractivity contribution >= 4 is 23.1 Å². The average Bonchev–Trinajstić information content (AvgIpc) is 3.01. The number of allylic oxidation sites excluding steroid dienone is 4. The molecule has 200 valence electrons. The Kier molecular flexibility index (Phi) is 8.43. The Bertz CT molecular complexity index is 1560. The van der Waals surface area contributed by atoms with Crippen molar-refractivity contribution in [2.24, 2.45) is 5.92 Å². The summed E-state index contributed by atoms with van der Waals surface area (Å²) < 4.78 is 0. The van der Waals surface area contributed by atoms with Crippen molar-refractivity contribution in [1.82, 2.24) is 0 Å². The van der Waals surface area contributed by atoms with E-state index >= 15 is 0 Å². The first-order chi connectivity index (χ1) is 20.2. The van der Waals surface area contributed by atoms with Crippen molar-refractivity contribution in [3.63, 3.8) is 0 Å². The summed E-state index contributed by atoms with van der Waals surface area (Å²) in [7, 11) is 0. The molecule has 1 aliphatic rings. The van der Waals surface area contributed by atoms with Gasteiger partial charge in [0.25, 0.3) is 0 Å². The Morgan fingerprint density at radius 1 is 0.512 bits per heavy atom. The van der Waals surface area contributed by atoms with Crippen LogP contribution in [0.15, 0.2) is 157 Å². The van der Waals surface area contributed by atoms with Crippen molar-refractivity contribution < 1.29 is 0 Å². The van der Waals surface area contributed by atoms with Gasteiger partial charge in [0.05, 0.1) is 0 Å². The van der Waals surface area contributed by atoms with E-state index in [0.29, 0.717) is 5.92 Å². The number of hydrogen-bond donors (Lipinski definition) is 0. The summed E-state index contributed by atoms with van der Waals surface area (Å²) in [4.78, 5) is 0. The van der Waals surface area contributed by atoms with Crippen LogP contribution in [0.3, 0.4) is 0 Å².